The number of benzene rings is 3. The lowest BCUT2D eigenvalue weighted by molar-refractivity contribution is -0.139. The minimum Gasteiger partial charge on any atom is -0.497 e. The third kappa shape index (κ3) is 7.76. The summed E-state index contributed by atoms with van der Waals surface area (Å²) >= 11 is 12.7. The molecule has 1 aliphatic carbocycles. The Morgan fingerprint density at radius 2 is 1.69 bits per heavy atom. The first-order chi connectivity index (χ1) is 20.1. The summed E-state index contributed by atoms with van der Waals surface area (Å²) in [6.45, 7) is 1.10. The van der Waals surface area contributed by atoms with Crippen molar-refractivity contribution in [1.29, 1.82) is 0 Å². The summed E-state index contributed by atoms with van der Waals surface area (Å²) in [4.78, 5) is 28.9. The number of nitrogens with one attached hydrogen (secondary N) is 1. The van der Waals surface area contributed by atoms with Gasteiger partial charge in [-0.2, -0.15) is 0 Å². The summed E-state index contributed by atoms with van der Waals surface area (Å²) in [7, 11) is -2.71. The van der Waals surface area contributed by atoms with Gasteiger partial charge < -0.3 is 15.0 Å². The number of sulfonamides is 1. The van der Waals surface area contributed by atoms with Crippen LogP contribution in [0.15, 0.2) is 77.7 Å². The van der Waals surface area contributed by atoms with Gasteiger partial charge in [0, 0.05) is 17.6 Å². The van der Waals surface area contributed by atoms with Crippen LogP contribution in [0, 0.1) is 0 Å². The summed E-state index contributed by atoms with van der Waals surface area (Å²) in [6.07, 6.45) is 4.99. The molecule has 0 saturated heterocycles. The highest BCUT2D eigenvalue weighted by atomic mass is 35.5. The van der Waals surface area contributed by atoms with E-state index < -0.39 is 28.5 Å². The van der Waals surface area contributed by atoms with Crippen LogP contribution in [-0.4, -0.2) is 50.9 Å². The summed E-state index contributed by atoms with van der Waals surface area (Å²) < 4.78 is 34.1. The standard InChI is InChI=1S/C31H35Cl2N3O5S/c1-22(31(38)34-25-11-5-3-6-12-25)35(20-23-10-9-13-26(18-23)41-2)30(37)21-36(29-19-24(32)16-17-28(29)33)42(39,40)27-14-7-4-8-15-27/h4,7-10,13-19,22,25H,3,5-6,11-12,20-21H2,1-2H3,(H,34,38)/t22-/m0/s1. The van der Waals surface area contributed by atoms with E-state index >= 15 is 0 Å². The SMILES string of the molecule is COc1cccc(CN(C(=O)CN(c2cc(Cl)ccc2Cl)S(=O)(=O)c2ccccc2)[C@@H](C)C(=O)NC2CCCCC2)c1. The van der Waals surface area contributed by atoms with Gasteiger partial charge in [0.15, 0.2) is 0 Å². The van der Waals surface area contributed by atoms with E-state index in [1.54, 1.807) is 50.4 Å². The lowest BCUT2D eigenvalue weighted by atomic mass is 9.95. The van der Waals surface area contributed by atoms with Gasteiger partial charge in [0.25, 0.3) is 10.0 Å². The molecular formula is C31H35Cl2N3O5S. The highest BCUT2D eigenvalue weighted by Gasteiger charge is 2.34. The topological polar surface area (TPSA) is 96.0 Å². The number of anilines is 1. The van der Waals surface area contributed by atoms with Gasteiger partial charge in [0.1, 0.15) is 18.3 Å². The Hall–Kier alpha value is -3.27. The quantitative estimate of drug-likeness (QED) is 0.277. The van der Waals surface area contributed by atoms with Crippen LogP contribution in [0.1, 0.15) is 44.6 Å². The third-order valence-corrected chi connectivity index (χ3v) is 9.72. The zero-order valence-electron chi connectivity index (χ0n) is 23.6. The summed E-state index contributed by atoms with van der Waals surface area (Å²) in [6, 6.07) is 18.5. The summed E-state index contributed by atoms with van der Waals surface area (Å²) in [5.74, 6) is -0.283. The van der Waals surface area contributed by atoms with Gasteiger partial charge in [-0.3, -0.25) is 13.9 Å². The van der Waals surface area contributed by atoms with Crippen LogP contribution in [0.5, 0.6) is 5.75 Å². The molecule has 224 valence electrons. The first-order valence-electron chi connectivity index (χ1n) is 13.9. The van der Waals surface area contributed by atoms with Crippen molar-refractivity contribution in [1.82, 2.24) is 10.2 Å². The Labute approximate surface area is 257 Å². The molecule has 0 aliphatic heterocycles. The van der Waals surface area contributed by atoms with Gasteiger partial charge >= 0.3 is 0 Å². The van der Waals surface area contributed by atoms with Crippen molar-refractivity contribution < 1.29 is 22.7 Å². The predicted molar refractivity (Wildman–Crippen MR) is 165 cm³/mol. The monoisotopic (exact) mass is 631 g/mol. The summed E-state index contributed by atoms with van der Waals surface area (Å²) in [5, 5.41) is 3.45. The maximum Gasteiger partial charge on any atom is 0.264 e. The van der Waals surface area contributed by atoms with Gasteiger partial charge in [-0.05, 0) is 67.8 Å². The van der Waals surface area contributed by atoms with Gasteiger partial charge in [0.2, 0.25) is 11.8 Å². The van der Waals surface area contributed by atoms with Crippen molar-refractivity contribution in [3.8, 4) is 5.75 Å². The second-order valence-corrected chi connectivity index (χ2v) is 13.0. The molecule has 2 amide bonds. The van der Waals surface area contributed by atoms with E-state index in [1.165, 1.54) is 35.2 Å². The molecule has 1 aliphatic rings. The molecule has 1 saturated carbocycles. The molecule has 0 bridgehead atoms. The molecule has 3 aromatic carbocycles. The van der Waals surface area contributed by atoms with Crippen molar-refractivity contribution >= 4 is 50.7 Å². The first-order valence-corrected chi connectivity index (χ1v) is 16.1. The molecule has 8 nitrogen and oxygen atoms in total. The number of hydrogen-bond acceptors (Lipinski definition) is 5. The number of amides is 2. The number of rotatable bonds is 11. The largest absolute Gasteiger partial charge is 0.497 e. The van der Waals surface area contributed by atoms with Crippen LogP contribution in [0.2, 0.25) is 10.0 Å². The second-order valence-electron chi connectivity index (χ2n) is 10.3. The molecule has 0 heterocycles. The number of methoxy groups -OCH3 is 1. The number of nitrogens with zero attached hydrogens (tertiary/aromatic N) is 2. The number of halogens is 2. The highest BCUT2D eigenvalue weighted by Crippen LogP contribution is 2.33. The van der Waals surface area contributed by atoms with E-state index in [2.05, 4.69) is 5.32 Å². The zero-order chi connectivity index (χ0) is 30.3. The molecule has 1 N–H and O–H groups in total. The molecule has 1 atom stereocenters. The van der Waals surface area contributed by atoms with Crippen LogP contribution in [0.3, 0.4) is 0 Å². The zero-order valence-corrected chi connectivity index (χ0v) is 26.0. The van der Waals surface area contributed by atoms with Crippen molar-refractivity contribution in [2.45, 2.75) is 62.6 Å². The van der Waals surface area contributed by atoms with E-state index in [0.717, 1.165) is 42.0 Å². The molecule has 1 fully saturated rings. The number of carbonyl (C=O) groups excluding carboxylic acids is 2. The molecule has 0 unspecified atom stereocenters. The predicted octanol–water partition coefficient (Wildman–Crippen LogP) is 6.06. The van der Waals surface area contributed by atoms with E-state index in [1.807, 2.05) is 6.07 Å². The van der Waals surface area contributed by atoms with E-state index in [0.29, 0.717) is 5.75 Å². The molecule has 3 aromatic rings. The average Bonchev–Trinajstić information content (AvgIpc) is 3.00. The van der Waals surface area contributed by atoms with Crippen LogP contribution in [0.25, 0.3) is 0 Å². The smallest absolute Gasteiger partial charge is 0.264 e. The molecule has 0 radical (unpaired) electrons. The normalized spacial score (nSPS) is 14.6. The Kier molecular flexibility index (Phi) is 10.8. The molecule has 11 heteroatoms. The van der Waals surface area contributed by atoms with Crippen LogP contribution >= 0.6 is 23.2 Å². The fourth-order valence-electron chi connectivity index (χ4n) is 5.03. The fourth-order valence-corrected chi connectivity index (χ4v) is 6.91. The van der Waals surface area contributed by atoms with Crippen molar-refractivity contribution in [3.63, 3.8) is 0 Å². The second kappa shape index (κ2) is 14.3. The van der Waals surface area contributed by atoms with Crippen molar-refractivity contribution in [2.75, 3.05) is 18.0 Å². The minimum absolute atomic E-state index is 0.0173. The molecule has 0 spiro atoms. The van der Waals surface area contributed by atoms with Crippen molar-refractivity contribution in [2.24, 2.45) is 0 Å². The van der Waals surface area contributed by atoms with Gasteiger partial charge in [-0.25, -0.2) is 8.42 Å². The highest BCUT2D eigenvalue weighted by molar-refractivity contribution is 7.92. The number of carbonyl (C=O) groups is 2. The minimum atomic E-state index is -4.25. The Morgan fingerprint density at radius 3 is 2.38 bits per heavy atom. The summed E-state index contributed by atoms with van der Waals surface area (Å²) in [5.41, 5.74) is 0.778. The third-order valence-electron chi connectivity index (χ3n) is 7.39. The number of ether oxygens (including phenoxy) is 1. The Balaban J connectivity index is 1.71. The maximum atomic E-state index is 14.1. The Morgan fingerprint density at radius 1 is 0.976 bits per heavy atom. The van der Waals surface area contributed by atoms with Gasteiger partial charge in [0.05, 0.1) is 22.7 Å². The van der Waals surface area contributed by atoms with Crippen LogP contribution < -0.4 is 14.4 Å². The fraction of sp³-hybridized carbons (Fsp3) is 0.355. The number of hydrogen-bond donors (Lipinski definition) is 1. The molecule has 42 heavy (non-hydrogen) atoms. The van der Waals surface area contributed by atoms with Gasteiger partial charge in [-0.15, -0.1) is 0 Å². The molecule has 4 rings (SSSR count). The lowest BCUT2D eigenvalue weighted by Gasteiger charge is -2.33. The molecule has 0 aromatic heterocycles. The van der Waals surface area contributed by atoms with E-state index in [-0.39, 0.29) is 39.1 Å². The van der Waals surface area contributed by atoms with Crippen LogP contribution in [0.4, 0.5) is 5.69 Å². The van der Waals surface area contributed by atoms with E-state index in [4.69, 9.17) is 27.9 Å². The van der Waals surface area contributed by atoms with E-state index in [9.17, 15) is 18.0 Å². The maximum absolute atomic E-state index is 14.1. The first kappa shape index (κ1) is 31.7. The molecular weight excluding hydrogens is 597 g/mol. The Bertz CT molecular complexity index is 1500. The van der Waals surface area contributed by atoms with Crippen LogP contribution in [-0.2, 0) is 26.2 Å². The van der Waals surface area contributed by atoms with Gasteiger partial charge in [-0.1, -0.05) is 72.8 Å². The average molecular weight is 633 g/mol. The lowest BCUT2D eigenvalue weighted by Crippen LogP contribution is -2.53. The van der Waals surface area contributed by atoms with Crippen molar-refractivity contribution in [3.05, 3.63) is 88.4 Å².